The lowest BCUT2D eigenvalue weighted by atomic mass is 9.90. The topological polar surface area (TPSA) is 87.7 Å². The van der Waals surface area contributed by atoms with Crippen LogP contribution in [0, 0.1) is 0 Å². The summed E-state index contributed by atoms with van der Waals surface area (Å²) in [7, 11) is 0. The number of amides is 4. The summed E-state index contributed by atoms with van der Waals surface area (Å²) in [4.78, 5) is 39.6. The van der Waals surface area contributed by atoms with Gasteiger partial charge in [0.1, 0.15) is 23.1 Å². The summed E-state index contributed by atoms with van der Waals surface area (Å²) in [5.74, 6) is 0.667. The Hall–Kier alpha value is -3.35. The molecule has 0 bridgehead atoms. The van der Waals surface area contributed by atoms with Crippen LogP contribution in [0.1, 0.15) is 45.4 Å². The Labute approximate surface area is 181 Å². The van der Waals surface area contributed by atoms with Gasteiger partial charge in [-0.1, -0.05) is 43.9 Å². The molecular weight excluding hydrogens is 394 g/mol. The first kappa shape index (κ1) is 20.9. The van der Waals surface area contributed by atoms with Gasteiger partial charge >= 0.3 is 6.03 Å². The van der Waals surface area contributed by atoms with Gasteiger partial charge < -0.3 is 15.4 Å². The predicted molar refractivity (Wildman–Crippen MR) is 117 cm³/mol. The van der Waals surface area contributed by atoms with E-state index >= 15 is 0 Å². The fraction of sp³-hybridized carbons (Fsp3) is 0.375. The third kappa shape index (κ3) is 4.40. The van der Waals surface area contributed by atoms with E-state index in [0.717, 1.165) is 36.3 Å². The second kappa shape index (κ2) is 8.79. The molecule has 1 spiro atoms. The van der Waals surface area contributed by atoms with Crippen molar-refractivity contribution in [3.05, 3.63) is 54.6 Å². The second-order valence-corrected chi connectivity index (χ2v) is 8.21. The first-order valence-electron chi connectivity index (χ1n) is 10.8. The Morgan fingerprint density at radius 2 is 1.58 bits per heavy atom. The number of para-hydroxylation sites is 1. The molecule has 2 aliphatic rings. The minimum Gasteiger partial charge on any atom is -0.457 e. The highest BCUT2D eigenvalue weighted by molar-refractivity contribution is 6.11. The van der Waals surface area contributed by atoms with Gasteiger partial charge in [-0.25, -0.2) is 9.69 Å². The number of anilines is 1. The van der Waals surface area contributed by atoms with Crippen molar-refractivity contribution >= 4 is 23.5 Å². The fourth-order valence-electron chi connectivity index (χ4n) is 4.26. The molecule has 7 heteroatoms. The van der Waals surface area contributed by atoms with E-state index in [1.54, 1.807) is 31.2 Å². The summed E-state index contributed by atoms with van der Waals surface area (Å²) >= 11 is 0. The van der Waals surface area contributed by atoms with Crippen LogP contribution in [0.5, 0.6) is 11.5 Å². The van der Waals surface area contributed by atoms with Crippen molar-refractivity contribution < 1.29 is 19.1 Å². The molecule has 7 nitrogen and oxygen atoms in total. The van der Waals surface area contributed by atoms with E-state index in [4.69, 9.17) is 4.74 Å². The van der Waals surface area contributed by atoms with Crippen LogP contribution < -0.4 is 15.4 Å². The molecule has 0 aromatic heterocycles. The van der Waals surface area contributed by atoms with Crippen molar-refractivity contribution in [2.24, 2.45) is 0 Å². The van der Waals surface area contributed by atoms with Crippen LogP contribution in [0.4, 0.5) is 10.5 Å². The summed E-state index contributed by atoms with van der Waals surface area (Å²) in [6.07, 6.45) is 5.18. The maximum absolute atomic E-state index is 13.1. The molecular formula is C24H27N3O4. The average Bonchev–Trinajstić information content (AvgIpc) is 2.91. The van der Waals surface area contributed by atoms with E-state index in [1.165, 1.54) is 0 Å². The first-order chi connectivity index (χ1) is 15.0. The molecule has 1 aliphatic carbocycles. The van der Waals surface area contributed by atoms with E-state index in [0.29, 0.717) is 24.3 Å². The normalized spacial score (nSPS) is 18.9. The zero-order valence-electron chi connectivity index (χ0n) is 17.6. The van der Waals surface area contributed by atoms with Crippen LogP contribution in [0.25, 0.3) is 0 Å². The maximum atomic E-state index is 13.1. The van der Waals surface area contributed by atoms with Gasteiger partial charge in [0.15, 0.2) is 0 Å². The van der Waals surface area contributed by atoms with Crippen LogP contribution in [0.2, 0.25) is 0 Å². The molecule has 4 amide bonds. The molecule has 2 N–H and O–H groups in total. The number of benzene rings is 2. The molecule has 1 heterocycles. The SMILES string of the molecule is C[C@H](C(=O)Nc1ccc(Oc2ccccc2)cc1)N1C(=O)NC2(CCCCCC2)C1=O. The molecule has 31 heavy (non-hydrogen) atoms. The Balaban J connectivity index is 1.40. The van der Waals surface area contributed by atoms with Crippen LogP contribution in [0.3, 0.4) is 0 Å². The van der Waals surface area contributed by atoms with Crippen LogP contribution >= 0.6 is 0 Å². The Morgan fingerprint density at radius 3 is 2.23 bits per heavy atom. The van der Waals surface area contributed by atoms with E-state index in [1.807, 2.05) is 30.3 Å². The zero-order valence-corrected chi connectivity index (χ0v) is 17.6. The molecule has 2 aromatic rings. The van der Waals surface area contributed by atoms with E-state index in [2.05, 4.69) is 10.6 Å². The van der Waals surface area contributed by atoms with Gasteiger partial charge in [-0.15, -0.1) is 0 Å². The lowest BCUT2D eigenvalue weighted by Crippen LogP contribution is -2.49. The van der Waals surface area contributed by atoms with E-state index in [9.17, 15) is 14.4 Å². The number of carbonyl (C=O) groups excluding carboxylic acids is 3. The lowest BCUT2D eigenvalue weighted by molar-refractivity contribution is -0.136. The minimum absolute atomic E-state index is 0.284. The Kier molecular flexibility index (Phi) is 5.93. The molecule has 1 atom stereocenters. The zero-order chi connectivity index (χ0) is 21.8. The number of hydrogen-bond donors (Lipinski definition) is 2. The minimum atomic E-state index is -0.907. The van der Waals surface area contributed by atoms with Gasteiger partial charge in [0.2, 0.25) is 5.91 Å². The average molecular weight is 421 g/mol. The van der Waals surface area contributed by atoms with Gasteiger partial charge in [0, 0.05) is 5.69 Å². The standard InChI is InChI=1S/C24H27N3O4/c1-17(27-22(29)24(26-23(27)30)15-7-2-3-8-16-24)21(28)25-18-11-13-20(14-12-18)31-19-9-5-4-6-10-19/h4-6,9-14,17H,2-3,7-8,15-16H2,1H3,(H,25,28)(H,26,30)/t17-/m1/s1. The van der Waals surface area contributed by atoms with Gasteiger partial charge in [0.25, 0.3) is 5.91 Å². The Bertz CT molecular complexity index is 951. The fourth-order valence-corrected chi connectivity index (χ4v) is 4.26. The summed E-state index contributed by atoms with van der Waals surface area (Å²) < 4.78 is 5.75. The molecule has 0 radical (unpaired) electrons. The monoisotopic (exact) mass is 421 g/mol. The van der Waals surface area contributed by atoms with E-state index < -0.39 is 23.5 Å². The quantitative estimate of drug-likeness (QED) is 0.698. The second-order valence-electron chi connectivity index (χ2n) is 8.21. The molecule has 4 rings (SSSR count). The van der Waals surface area contributed by atoms with Gasteiger partial charge in [-0.05, 0) is 56.2 Å². The molecule has 1 saturated heterocycles. The van der Waals surface area contributed by atoms with Gasteiger partial charge in [0.05, 0.1) is 0 Å². The van der Waals surface area contributed by atoms with Crippen molar-refractivity contribution in [2.45, 2.75) is 57.0 Å². The van der Waals surface area contributed by atoms with Crippen molar-refractivity contribution in [1.82, 2.24) is 10.2 Å². The van der Waals surface area contributed by atoms with Crippen LogP contribution in [0.15, 0.2) is 54.6 Å². The number of nitrogens with zero attached hydrogens (tertiary/aromatic N) is 1. The van der Waals surface area contributed by atoms with Gasteiger partial charge in [-0.2, -0.15) is 0 Å². The van der Waals surface area contributed by atoms with Crippen LogP contribution in [-0.2, 0) is 9.59 Å². The molecule has 2 aromatic carbocycles. The lowest BCUT2D eigenvalue weighted by Gasteiger charge is -2.26. The van der Waals surface area contributed by atoms with Gasteiger partial charge in [-0.3, -0.25) is 9.59 Å². The molecule has 1 aliphatic heterocycles. The predicted octanol–water partition coefficient (Wildman–Crippen LogP) is 4.45. The maximum Gasteiger partial charge on any atom is 0.325 e. The summed E-state index contributed by atoms with van der Waals surface area (Å²) in [5, 5.41) is 5.67. The number of nitrogens with one attached hydrogen (secondary N) is 2. The first-order valence-corrected chi connectivity index (χ1v) is 10.8. The van der Waals surface area contributed by atoms with Crippen molar-refractivity contribution in [3.8, 4) is 11.5 Å². The van der Waals surface area contributed by atoms with Crippen LogP contribution in [-0.4, -0.2) is 34.3 Å². The number of urea groups is 1. The Morgan fingerprint density at radius 1 is 0.968 bits per heavy atom. The largest absolute Gasteiger partial charge is 0.457 e. The van der Waals surface area contributed by atoms with Crippen molar-refractivity contribution in [2.75, 3.05) is 5.32 Å². The number of hydrogen-bond acceptors (Lipinski definition) is 4. The number of rotatable bonds is 5. The van der Waals surface area contributed by atoms with Crippen molar-refractivity contribution in [3.63, 3.8) is 0 Å². The smallest absolute Gasteiger partial charge is 0.325 e. The molecule has 1 saturated carbocycles. The highest BCUT2D eigenvalue weighted by Gasteiger charge is 2.53. The number of ether oxygens (including phenoxy) is 1. The summed E-state index contributed by atoms with van der Waals surface area (Å²) in [6, 6.07) is 15.0. The third-order valence-electron chi connectivity index (χ3n) is 6.02. The summed E-state index contributed by atoms with van der Waals surface area (Å²) in [6.45, 7) is 1.58. The molecule has 162 valence electrons. The number of imide groups is 1. The third-order valence-corrected chi connectivity index (χ3v) is 6.02. The van der Waals surface area contributed by atoms with E-state index in [-0.39, 0.29) is 5.91 Å². The molecule has 0 unspecified atom stereocenters. The highest BCUT2D eigenvalue weighted by Crippen LogP contribution is 2.33. The highest BCUT2D eigenvalue weighted by atomic mass is 16.5. The number of carbonyl (C=O) groups is 3. The molecule has 2 fully saturated rings. The van der Waals surface area contributed by atoms with Crippen molar-refractivity contribution in [1.29, 1.82) is 0 Å². The summed E-state index contributed by atoms with van der Waals surface area (Å²) in [5.41, 5.74) is -0.285.